The van der Waals surface area contributed by atoms with E-state index >= 15 is 0 Å². The van der Waals surface area contributed by atoms with E-state index in [1.54, 1.807) is 0 Å². The van der Waals surface area contributed by atoms with Gasteiger partial charge in [-0.25, -0.2) is 0 Å². The van der Waals surface area contributed by atoms with Gasteiger partial charge >= 0.3 is 0 Å². The van der Waals surface area contributed by atoms with Crippen LogP contribution in [0.25, 0.3) is 0 Å². The molecule has 0 aliphatic heterocycles. The van der Waals surface area contributed by atoms with E-state index < -0.39 is 0 Å². The van der Waals surface area contributed by atoms with Gasteiger partial charge in [0.05, 0.1) is 0 Å². The van der Waals surface area contributed by atoms with Crippen LogP contribution in [0, 0.1) is 5.41 Å². The molecule has 0 rings (SSSR count). The van der Waals surface area contributed by atoms with Crippen LogP contribution in [0.2, 0.25) is 0 Å². The number of nitrogens with one attached hydrogen (secondary N) is 1. The number of unbranched alkanes of at least 4 members (excludes halogenated alkanes) is 2. The van der Waals surface area contributed by atoms with Gasteiger partial charge in [-0.3, -0.25) is 4.79 Å². The summed E-state index contributed by atoms with van der Waals surface area (Å²) in [6.45, 7) is 6.52. The highest BCUT2D eigenvalue weighted by Gasteiger charge is 2.19. The minimum absolute atomic E-state index is 0.123. The molecule has 0 fully saturated rings. The van der Waals surface area contributed by atoms with Crippen molar-refractivity contribution in [2.24, 2.45) is 5.41 Å². The number of rotatable bonds is 5. The Bertz CT molecular complexity index is 151. The molecule has 0 heterocycles. The Balaban J connectivity index is 3.38. The SMILES string of the molecule is CC(C)(C)C(=O)NCCCCCCl. The second-order valence-electron chi connectivity index (χ2n) is 4.26. The Hall–Kier alpha value is -0.240. The van der Waals surface area contributed by atoms with Crippen molar-refractivity contribution in [1.29, 1.82) is 0 Å². The molecular formula is C10H20ClNO. The first-order valence-corrected chi connectivity index (χ1v) is 5.36. The van der Waals surface area contributed by atoms with E-state index in [1.807, 2.05) is 20.8 Å². The van der Waals surface area contributed by atoms with Crippen LogP contribution in [0.4, 0.5) is 0 Å². The Morgan fingerprint density at radius 3 is 2.31 bits per heavy atom. The van der Waals surface area contributed by atoms with Crippen LogP contribution in [-0.2, 0) is 4.79 Å². The Morgan fingerprint density at radius 2 is 1.85 bits per heavy atom. The molecular weight excluding hydrogens is 186 g/mol. The van der Waals surface area contributed by atoms with Crippen LogP contribution in [0.3, 0.4) is 0 Å². The van der Waals surface area contributed by atoms with E-state index in [9.17, 15) is 4.79 Å². The number of alkyl halides is 1. The zero-order valence-corrected chi connectivity index (χ0v) is 9.58. The molecule has 13 heavy (non-hydrogen) atoms. The smallest absolute Gasteiger partial charge is 0.225 e. The van der Waals surface area contributed by atoms with E-state index in [0.717, 1.165) is 25.8 Å². The molecule has 0 spiro atoms. The second-order valence-corrected chi connectivity index (χ2v) is 4.63. The lowest BCUT2D eigenvalue weighted by Crippen LogP contribution is -2.35. The normalized spacial score (nSPS) is 11.4. The Morgan fingerprint density at radius 1 is 1.23 bits per heavy atom. The second kappa shape index (κ2) is 6.25. The van der Waals surface area contributed by atoms with Gasteiger partial charge in [0.25, 0.3) is 0 Å². The van der Waals surface area contributed by atoms with Crippen LogP contribution in [0.5, 0.6) is 0 Å². The molecule has 0 aliphatic carbocycles. The minimum Gasteiger partial charge on any atom is -0.356 e. The fraction of sp³-hybridized carbons (Fsp3) is 0.900. The molecule has 2 nitrogen and oxygen atoms in total. The number of hydrogen-bond donors (Lipinski definition) is 1. The third kappa shape index (κ3) is 6.88. The zero-order valence-electron chi connectivity index (χ0n) is 8.82. The molecule has 1 amide bonds. The summed E-state index contributed by atoms with van der Waals surface area (Å²) < 4.78 is 0. The standard InChI is InChI=1S/C10H20ClNO/c1-10(2,3)9(13)12-8-6-4-5-7-11/h4-8H2,1-3H3,(H,12,13). The number of amides is 1. The summed E-state index contributed by atoms with van der Waals surface area (Å²) in [7, 11) is 0. The largest absolute Gasteiger partial charge is 0.356 e. The molecule has 0 bridgehead atoms. The molecule has 78 valence electrons. The van der Waals surface area contributed by atoms with Gasteiger partial charge in [0.2, 0.25) is 5.91 Å². The van der Waals surface area contributed by atoms with E-state index in [1.165, 1.54) is 0 Å². The molecule has 0 aliphatic rings. The van der Waals surface area contributed by atoms with Crippen molar-refractivity contribution >= 4 is 17.5 Å². The maximum Gasteiger partial charge on any atom is 0.225 e. The summed E-state index contributed by atoms with van der Waals surface area (Å²) in [5, 5.41) is 2.90. The van der Waals surface area contributed by atoms with Gasteiger partial charge in [-0.1, -0.05) is 27.2 Å². The topological polar surface area (TPSA) is 29.1 Å². The van der Waals surface area contributed by atoms with Crippen LogP contribution in [0.1, 0.15) is 40.0 Å². The highest BCUT2D eigenvalue weighted by Crippen LogP contribution is 2.12. The Labute approximate surface area is 86.0 Å². The van der Waals surface area contributed by atoms with E-state index in [-0.39, 0.29) is 11.3 Å². The lowest BCUT2D eigenvalue weighted by atomic mass is 9.96. The van der Waals surface area contributed by atoms with Gasteiger partial charge in [-0.15, -0.1) is 11.6 Å². The molecule has 0 aromatic heterocycles. The molecule has 0 aromatic carbocycles. The number of hydrogen-bond acceptors (Lipinski definition) is 1. The van der Waals surface area contributed by atoms with E-state index in [2.05, 4.69) is 5.32 Å². The first-order valence-electron chi connectivity index (χ1n) is 4.82. The summed E-state index contributed by atoms with van der Waals surface area (Å²) in [5.74, 6) is 0.839. The van der Waals surface area contributed by atoms with Crippen molar-refractivity contribution in [3.63, 3.8) is 0 Å². The summed E-state index contributed by atoms with van der Waals surface area (Å²) >= 11 is 5.53. The molecule has 0 saturated heterocycles. The fourth-order valence-electron chi connectivity index (χ4n) is 0.863. The van der Waals surface area contributed by atoms with Gasteiger partial charge in [0.1, 0.15) is 0 Å². The molecule has 1 N–H and O–H groups in total. The fourth-order valence-corrected chi connectivity index (χ4v) is 1.05. The molecule has 0 saturated carbocycles. The highest BCUT2D eigenvalue weighted by molar-refractivity contribution is 6.17. The monoisotopic (exact) mass is 205 g/mol. The lowest BCUT2D eigenvalue weighted by Gasteiger charge is -2.17. The van der Waals surface area contributed by atoms with Gasteiger partial charge < -0.3 is 5.32 Å². The number of carbonyl (C=O) groups is 1. The zero-order chi connectivity index (χ0) is 10.3. The van der Waals surface area contributed by atoms with Crippen LogP contribution in [0.15, 0.2) is 0 Å². The van der Waals surface area contributed by atoms with Crippen LogP contribution in [-0.4, -0.2) is 18.3 Å². The quantitative estimate of drug-likeness (QED) is 0.543. The summed E-state index contributed by atoms with van der Waals surface area (Å²) in [5.41, 5.74) is -0.271. The lowest BCUT2D eigenvalue weighted by molar-refractivity contribution is -0.128. The molecule has 3 heteroatoms. The molecule has 0 unspecified atom stereocenters. The van der Waals surface area contributed by atoms with Crippen molar-refractivity contribution in [3.05, 3.63) is 0 Å². The van der Waals surface area contributed by atoms with Crippen LogP contribution >= 0.6 is 11.6 Å². The van der Waals surface area contributed by atoms with Crippen molar-refractivity contribution in [1.82, 2.24) is 5.32 Å². The van der Waals surface area contributed by atoms with Gasteiger partial charge in [0, 0.05) is 17.8 Å². The highest BCUT2D eigenvalue weighted by atomic mass is 35.5. The summed E-state index contributed by atoms with van der Waals surface area (Å²) in [4.78, 5) is 11.4. The van der Waals surface area contributed by atoms with Gasteiger partial charge in [0.15, 0.2) is 0 Å². The molecule has 0 radical (unpaired) electrons. The summed E-state index contributed by atoms with van der Waals surface area (Å²) in [6.07, 6.45) is 3.15. The van der Waals surface area contributed by atoms with Crippen molar-refractivity contribution in [3.8, 4) is 0 Å². The average molecular weight is 206 g/mol. The maximum absolute atomic E-state index is 11.4. The minimum atomic E-state index is -0.271. The van der Waals surface area contributed by atoms with E-state index in [4.69, 9.17) is 11.6 Å². The van der Waals surface area contributed by atoms with Crippen LogP contribution < -0.4 is 5.32 Å². The Kier molecular flexibility index (Phi) is 6.13. The number of carbonyl (C=O) groups excluding carboxylic acids is 1. The summed E-state index contributed by atoms with van der Waals surface area (Å²) in [6, 6.07) is 0. The predicted molar refractivity (Wildman–Crippen MR) is 57.0 cm³/mol. The first-order chi connectivity index (χ1) is 5.98. The predicted octanol–water partition coefficient (Wildman–Crippen LogP) is 2.56. The molecule has 0 atom stereocenters. The average Bonchev–Trinajstić information content (AvgIpc) is 2.02. The number of halogens is 1. The van der Waals surface area contributed by atoms with Gasteiger partial charge in [-0.2, -0.15) is 0 Å². The van der Waals surface area contributed by atoms with Crippen molar-refractivity contribution in [2.45, 2.75) is 40.0 Å². The first kappa shape index (κ1) is 12.8. The van der Waals surface area contributed by atoms with E-state index in [0.29, 0.717) is 5.88 Å². The van der Waals surface area contributed by atoms with Gasteiger partial charge in [-0.05, 0) is 12.8 Å². The van der Waals surface area contributed by atoms with Crippen molar-refractivity contribution < 1.29 is 4.79 Å². The molecule has 0 aromatic rings. The van der Waals surface area contributed by atoms with Crippen molar-refractivity contribution in [2.75, 3.05) is 12.4 Å². The third-order valence-corrected chi connectivity index (χ3v) is 2.04. The third-order valence-electron chi connectivity index (χ3n) is 1.78. The maximum atomic E-state index is 11.4.